The molecule has 9 heteroatoms. The summed E-state index contributed by atoms with van der Waals surface area (Å²) in [7, 11) is -3.70. The highest BCUT2D eigenvalue weighted by Gasteiger charge is 2.18. The van der Waals surface area contributed by atoms with Crippen LogP contribution in [0.1, 0.15) is 24.6 Å². The normalized spacial score (nSPS) is 18.5. The van der Waals surface area contributed by atoms with Crippen LogP contribution in [0, 0.1) is 5.92 Å². The van der Waals surface area contributed by atoms with E-state index in [1.165, 1.54) is 17.3 Å². The highest BCUT2D eigenvalue weighted by Crippen LogP contribution is 2.16. The number of nitrogens with two attached hydrogens (primary N) is 3. The maximum Gasteiger partial charge on any atom is 0.238 e. The van der Waals surface area contributed by atoms with E-state index in [2.05, 4.69) is 5.43 Å². The molecule has 0 saturated carbocycles. The van der Waals surface area contributed by atoms with E-state index < -0.39 is 16.2 Å². The number of hydrazine groups is 2. The zero-order valence-corrected chi connectivity index (χ0v) is 13.1. The summed E-state index contributed by atoms with van der Waals surface area (Å²) < 4.78 is 27.7. The SMILES string of the molecule is NC(NN(N)CC1CCOCC1)c1ccc(S(N)(=O)=O)cc1. The molecule has 0 spiro atoms. The van der Waals surface area contributed by atoms with E-state index in [1.807, 2.05) is 0 Å². The van der Waals surface area contributed by atoms with Crippen molar-refractivity contribution in [1.29, 1.82) is 0 Å². The predicted octanol–water partition coefficient (Wildman–Crippen LogP) is -0.602. The molecule has 1 unspecified atom stereocenters. The van der Waals surface area contributed by atoms with E-state index >= 15 is 0 Å². The zero-order valence-electron chi connectivity index (χ0n) is 12.3. The molecule has 1 aromatic rings. The van der Waals surface area contributed by atoms with Gasteiger partial charge < -0.3 is 10.5 Å². The van der Waals surface area contributed by atoms with Crippen molar-refractivity contribution in [3.63, 3.8) is 0 Å². The van der Waals surface area contributed by atoms with E-state index in [9.17, 15) is 8.42 Å². The molecular weight excluding hydrogens is 306 g/mol. The smallest absolute Gasteiger partial charge is 0.238 e. The highest BCUT2D eigenvalue weighted by molar-refractivity contribution is 7.89. The van der Waals surface area contributed by atoms with E-state index in [0.717, 1.165) is 31.6 Å². The predicted molar refractivity (Wildman–Crippen MR) is 82.3 cm³/mol. The summed E-state index contributed by atoms with van der Waals surface area (Å²) in [5.41, 5.74) is 9.71. The number of nitrogens with one attached hydrogen (secondary N) is 1. The number of benzene rings is 1. The van der Waals surface area contributed by atoms with Crippen molar-refractivity contribution >= 4 is 10.0 Å². The van der Waals surface area contributed by atoms with Gasteiger partial charge in [0.2, 0.25) is 10.0 Å². The number of primary sulfonamides is 1. The third kappa shape index (κ3) is 4.99. The molecule has 2 rings (SSSR count). The molecule has 0 radical (unpaired) electrons. The lowest BCUT2D eigenvalue weighted by atomic mass is 10.0. The molecule has 1 aliphatic heterocycles. The van der Waals surface area contributed by atoms with Gasteiger partial charge in [0, 0.05) is 19.8 Å². The minimum Gasteiger partial charge on any atom is -0.381 e. The van der Waals surface area contributed by atoms with Crippen molar-refractivity contribution < 1.29 is 13.2 Å². The van der Waals surface area contributed by atoms with E-state index in [-0.39, 0.29) is 4.90 Å². The van der Waals surface area contributed by atoms with Crippen LogP contribution in [0.4, 0.5) is 0 Å². The average Bonchev–Trinajstić information content (AvgIpc) is 2.47. The van der Waals surface area contributed by atoms with E-state index in [1.54, 1.807) is 12.1 Å². The van der Waals surface area contributed by atoms with Crippen LogP contribution in [0.2, 0.25) is 0 Å². The van der Waals surface area contributed by atoms with Gasteiger partial charge in [0.15, 0.2) is 0 Å². The Kier molecular flexibility index (Phi) is 5.87. The Morgan fingerprint density at radius 2 is 1.86 bits per heavy atom. The van der Waals surface area contributed by atoms with Crippen LogP contribution >= 0.6 is 0 Å². The first-order valence-corrected chi connectivity index (χ1v) is 8.65. The summed E-state index contributed by atoms with van der Waals surface area (Å²) in [6.45, 7) is 2.20. The van der Waals surface area contributed by atoms with Gasteiger partial charge in [-0.25, -0.2) is 19.0 Å². The Hall–Kier alpha value is -1.07. The lowest BCUT2D eigenvalue weighted by molar-refractivity contribution is 0.0389. The van der Waals surface area contributed by atoms with Gasteiger partial charge in [0.05, 0.1) is 11.1 Å². The number of nitrogens with zero attached hydrogens (tertiary/aromatic N) is 1. The molecule has 1 heterocycles. The largest absolute Gasteiger partial charge is 0.381 e. The summed E-state index contributed by atoms with van der Waals surface area (Å²) in [4.78, 5) is 0.0512. The molecule has 8 nitrogen and oxygen atoms in total. The molecule has 124 valence electrons. The molecule has 1 saturated heterocycles. The molecule has 0 aromatic heterocycles. The molecular formula is C13H23N5O3S. The second kappa shape index (κ2) is 7.47. The monoisotopic (exact) mass is 329 g/mol. The summed E-state index contributed by atoms with van der Waals surface area (Å²) in [5, 5.41) is 6.54. The van der Waals surface area contributed by atoms with Gasteiger partial charge in [-0.2, -0.15) is 5.12 Å². The lowest BCUT2D eigenvalue weighted by Crippen LogP contribution is -2.50. The number of rotatable bonds is 6. The second-order valence-electron chi connectivity index (χ2n) is 5.43. The van der Waals surface area contributed by atoms with Gasteiger partial charge in [-0.1, -0.05) is 12.1 Å². The van der Waals surface area contributed by atoms with Gasteiger partial charge in [0.1, 0.15) is 0 Å². The maximum atomic E-state index is 11.2. The molecule has 1 aromatic carbocycles. The summed E-state index contributed by atoms with van der Waals surface area (Å²) in [6.07, 6.45) is 1.43. The van der Waals surface area contributed by atoms with Crippen molar-refractivity contribution in [2.75, 3.05) is 19.8 Å². The Morgan fingerprint density at radius 1 is 1.27 bits per heavy atom. The van der Waals surface area contributed by atoms with E-state index in [0.29, 0.717) is 12.5 Å². The van der Waals surface area contributed by atoms with Crippen molar-refractivity contribution in [3.8, 4) is 0 Å². The Labute approximate surface area is 130 Å². The molecule has 22 heavy (non-hydrogen) atoms. The Morgan fingerprint density at radius 3 is 2.41 bits per heavy atom. The van der Waals surface area contributed by atoms with E-state index in [4.69, 9.17) is 21.5 Å². The first-order valence-electron chi connectivity index (χ1n) is 7.11. The van der Waals surface area contributed by atoms with Crippen LogP contribution < -0.4 is 22.1 Å². The average molecular weight is 329 g/mol. The number of hydrogen-bond acceptors (Lipinski definition) is 7. The number of sulfonamides is 1. The minimum atomic E-state index is -3.70. The van der Waals surface area contributed by atoms with Gasteiger partial charge in [-0.15, -0.1) is 0 Å². The topological polar surface area (TPSA) is 137 Å². The van der Waals surface area contributed by atoms with Crippen molar-refractivity contribution in [2.24, 2.45) is 22.6 Å². The van der Waals surface area contributed by atoms with Crippen LogP contribution in [-0.4, -0.2) is 33.3 Å². The standard InChI is InChI=1S/C13H23N5O3S/c14-13(11-1-3-12(4-2-11)22(16,19)20)17-18(15)9-10-5-7-21-8-6-10/h1-4,10,13,17H,5-9,14-15H2,(H2,16,19,20). The Balaban J connectivity index is 1.89. The minimum absolute atomic E-state index is 0.0512. The Bertz CT molecular complexity index is 572. The first-order chi connectivity index (χ1) is 10.4. The fourth-order valence-corrected chi connectivity index (χ4v) is 2.89. The summed E-state index contributed by atoms with van der Waals surface area (Å²) >= 11 is 0. The van der Waals surface area contributed by atoms with Gasteiger partial charge in [-0.05, 0) is 36.5 Å². The maximum absolute atomic E-state index is 11.2. The van der Waals surface area contributed by atoms with Crippen LogP contribution in [0.15, 0.2) is 29.2 Å². The fourth-order valence-electron chi connectivity index (χ4n) is 2.38. The van der Waals surface area contributed by atoms with Gasteiger partial charge in [0.25, 0.3) is 0 Å². The third-order valence-corrected chi connectivity index (χ3v) is 4.60. The quantitative estimate of drug-likeness (QED) is 0.311. The number of ether oxygens (including phenoxy) is 1. The van der Waals surface area contributed by atoms with Crippen molar-refractivity contribution in [3.05, 3.63) is 29.8 Å². The van der Waals surface area contributed by atoms with Crippen molar-refractivity contribution in [2.45, 2.75) is 23.9 Å². The molecule has 1 aliphatic rings. The molecule has 1 atom stereocenters. The fraction of sp³-hybridized carbons (Fsp3) is 0.538. The third-order valence-electron chi connectivity index (χ3n) is 3.67. The molecule has 0 aliphatic carbocycles. The summed E-state index contributed by atoms with van der Waals surface area (Å²) in [6, 6.07) is 6.07. The van der Waals surface area contributed by atoms with Crippen molar-refractivity contribution in [1.82, 2.24) is 10.5 Å². The summed E-state index contributed by atoms with van der Waals surface area (Å²) in [5.74, 6) is 6.40. The lowest BCUT2D eigenvalue weighted by Gasteiger charge is -2.29. The van der Waals surface area contributed by atoms with Crippen LogP contribution in [-0.2, 0) is 14.8 Å². The second-order valence-corrected chi connectivity index (χ2v) is 6.99. The molecule has 0 bridgehead atoms. The van der Waals surface area contributed by atoms with Crippen LogP contribution in [0.5, 0.6) is 0 Å². The molecule has 1 fully saturated rings. The highest BCUT2D eigenvalue weighted by atomic mass is 32.2. The molecule has 0 amide bonds. The van der Waals surface area contributed by atoms with Gasteiger partial charge in [-0.3, -0.25) is 5.84 Å². The van der Waals surface area contributed by atoms with Crippen LogP contribution in [0.25, 0.3) is 0 Å². The van der Waals surface area contributed by atoms with Crippen LogP contribution in [0.3, 0.4) is 0 Å². The van der Waals surface area contributed by atoms with Gasteiger partial charge >= 0.3 is 0 Å². The molecule has 7 N–H and O–H groups in total. The number of hydrogen-bond donors (Lipinski definition) is 4. The zero-order chi connectivity index (χ0) is 16.2. The first kappa shape index (κ1) is 17.3.